The second-order valence-electron chi connectivity index (χ2n) is 6.42. The Morgan fingerprint density at radius 2 is 1.86 bits per heavy atom. The van der Waals surface area contributed by atoms with Gasteiger partial charge in [0.2, 0.25) is 0 Å². The Balaban J connectivity index is 1.50. The molecule has 1 saturated heterocycles. The molecule has 0 bridgehead atoms. The minimum atomic E-state index is -0.636. The highest BCUT2D eigenvalue weighted by molar-refractivity contribution is 7.10. The van der Waals surface area contributed by atoms with Gasteiger partial charge in [0, 0.05) is 31.1 Å². The van der Waals surface area contributed by atoms with Crippen LogP contribution >= 0.6 is 11.3 Å². The summed E-state index contributed by atoms with van der Waals surface area (Å²) in [5, 5.41) is 7.45. The number of carbonyl (C=O) groups is 2. The summed E-state index contributed by atoms with van der Waals surface area (Å²) in [5.74, 6) is -0.512. The summed E-state index contributed by atoms with van der Waals surface area (Å²) >= 11 is 1.65. The first-order chi connectivity index (χ1) is 13.7. The normalized spacial score (nSPS) is 15.6. The average molecular weight is 404 g/mol. The largest absolute Gasteiger partial charge is 0.497 e. The molecular weight excluding hydrogens is 378 g/mol. The quantitative estimate of drug-likeness (QED) is 0.686. The van der Waals surface area contributed by atoms with Crippen molar-refractivity contribution in [3.05, 3.63) is 52.2 Å². The van der Waals surface area contributed by atoms with Crippen LogP contribution in [0.3, 0.4) is 0 Å². The van der Waals surface area contributed by atoms with E-state index in [4.69, 9.17) is 9.47 Å². The number of carbonyl (C=O) groups excluding carboxylic acids is 2. The average Bonchev–Trinajstić information content (AvgIpc) is 3.27. The SMILES string of the molecule is COc1ccc(CNC(=O)C(=O)NC[C@@H](c2cccs2)N2CCOCC2)cc1. The zero-order chi connectivity index (χ0) is 19.8. The van der Waals surface area contributed by atoms with E-state index in [-0.39, 0.29) is 12.6 Å². The van der Waals surface area contributed by atoms with Gasteiger partial charge in [0.05, 0.1) is 26.4 Å². The molecule has 8 heteroatoms. The summed E-state index contributed by atoms with van der Waals surface area (Å²) in [5.41, 5.74) is 0.895. The lowest BCUT2D eigenvalue weighted by Gasteiger charge is -2.34. The van der Waals surface area contributed by atoms with Gasteiger partial charge in [-0.3, -0.25) is 14.5 Å². The number of hydrogen-bond acceptors (Lipinski definition) is 6. The van der Waals surface area contributed by atoms with Crippen LogP contribution in [0.2, 0.25) is 0 Å². The van der Waals surface area contributed by atoms with E-state index < -0.39 is 11.8 Å². The zero-order valence-electron chi connectivity index (χ0n) is 15.8. The van der Waals surface area contributed by atoms with Crippen LogP contribution in [-0.4, -0.2) is 56.7 Å². The van der Waals surface area contributed by atoms with Gasteiger partial charge >= 0.3 is 11.8 Å². The molecule has 1 fully saturated rings. The Labute approximate surface area is 168 Å². The lowest BCUT2D eigenvalue weighted by atomic mass is 10.2. The molecule has 2 aromatic rings. The monoisotopic (exact) mass is 403 g/mol. The summed E-state index contributed by atoms with van der Waals surface area (Å²) < 4.78 is 10.5. The van der Waals surface area contributed by atoms with Gasteiger partial charge in [-0.25, -0.2) is 0 Å². The van der Waals surface area contributed by atoms with Crippen molar-refractivity contribution in [2.24, 2.45) is 0 Å². The molecule has 0 spiro atoms. The van der Waals surface area contributed by atoms with Gasteiger partial charge in [0.15, 0.2) is 0 Å². The van der Waals surface area contributed by atoms with Crippen LogP contribution in [-0.2, 0) is 20.9 Å². The van der Waals surface area contributed by atoms with Crippen molar-refractivity contribution in [2.75, 3.05) is 40.0 Å². The third-order valence-corrected chi connectivity index (χ3v) is 5.61. The summed E-state index contributed by atoms with van der Waals surface area (Å²) in [7, 11) is 1.60. The number of methoxy groups -OCH3 is 1. The molecule has 2 heterocycles. The van der Waals surface area contributed by atoms with E-state index in [9.17, 15) is 9.59 Å². The number of rotatable bonds is 7. The molecule has 150 valence electrons. The first-order valence-corrected chi connectivity index (χ1v) is 10.1. The molecule has 0 aliphatic carbocycles. The summed E-state index contributed by atoms with van der Waals surface area (Å²) in [6.07, 6.45) is 0. The summed E-state index contributed by atoms with van der Waals surface area (Å²) in [4.78, 5) is 27.8. The molecule has 0 saturated carbocycles. The predicted molar refractivity (Wildman–Crippen MR) is 107 cm³/mol. The minimum absolute atomic E-state index is 0.0437. The van der Waals surface area contributed by atoms with Crippen LogP contribution in [0.25, 0.3) is 0 Å². The van der Waals surface area contributed by atoms with Crippen molar-refractivity contribution in [3.8, 4) is 5.75 Å². The smallest absolute Gasteiger partial charge is 0.309 e. The third-order valence-electron chi connectivity index (χ3n) is 4.63. The number of amides is 2. The predicted octanol–water partition coefficient (Wildman–Crippen LogP) is 1.56. The number of nitrogens with one attached hydrogen (secondary N) is 2. The lowest BCUT2D eigenvalue weighted by molar-refractivity contribution is -0.139. The number of ether oxygens (including phenoxy) is 2. The summed E-state index contributed by atoms with van der Waals surface area (Å²) in [6.45, 7) is 3.64. The molecule has 2 N–H and O–H groups in total. The van der Waals surface area contributed by atoms with Gasteiger partial charge in [0.25, 0.3) is 0 Å². The van der Waals surface area contributed by atoms with Crippen LogP contribution in [0.4, 0.5) is 0 Å². The fraction of sp³-hybridized carbons (Fsp3) is 0.400. The highest BCUT2D eigenvalue weighted by Crippen LogP contribution is 2.25. The van der Waals surface area contributed by atoms with Crippen molar-refractivity contribution in [1.29, 1.82) is 0 Å². The highest BCUT2D eigenvalue weighted by Gasteiger charge is 2.25. The van der Waals surface area contributed by atoms with E-state index >= 15 is 0 Å². The van der Waals surface area contributed by atoms with E-state index in [0.717, 1.165) is 24.4 Å². The molecular formula is C20H25N3O4S. The van der Waals surface area contributed by atoms with Crippen LogP contribution < -0.4 is 15.4 Å². The van der Waals surface area contributed by atoms with E-state index in [2.05, 4.69) is 21.6 Å². The lowest BCUT2D eigenvalue weighted by Crippen LogP contribution is -2.46. The van der Waals surface area contributed by atoms with Crippen molar-refractivity contribution in [1.82, 2.24) is 15.5 Å². The molecule has 28 heavy (non-hydrogen) atoms. The molecule has 1 aliphatic rings. The van der Waals surface area contributed by atoms with E-state index in [1.807, 2.05) is 35.7 Å². The molecule has 1 aromatic carbocycles. The molecule has 1 aromatic heterocycles. The fourth-order valence-corrected chi connectivity index (χ4v) is 3.92. The number of thiophene rings is 1. The minimum Gasteiger partial charge on any atom is -0.497 e. The summed E-state index contributed by atoms with van der Waals surface area (Å²) in [6, 6.07) is 11.4. The van der Waals surface area contributed by atoms with Crippen LogP contribution in [0, 0.1) is 0 Å². The Hall–Kier alpha value is -2.42. The van der Waals surface area contributed by atoms with Crippen LogP contribution in [0.15, 0.2) is 41.8 Å². The Morgan fingerprint density at radius 1 is 1.14 bits per heavy atom. The third kappa shape index (κ3) is 5.54. The number of morpholine rings is 1. The second-order valence-corrected chi connectivity index (χ2v) is 7.40. The van der Waals surface area contributed by atoms with Gasteiger partial charge in [-0.15, -0.1) is 11.3 Å². The molecule has 1 atom stereocenters. The Kier molecular flexibility index (Phi) is 7.41. The fourth-order valence-electron chi connectivity index (χ4n) is 3.06. The first-order valence-electron chi connectivity index (χ1n) is 9.21. The van der Waals surface area contributed by atoms with Gasteiger partial charge in [-0.2, -0.15) is 0 Å². The van der Waals surface area contributed by atoms with Gasteiger partial charge in [-0.1, -0.05) is 18.2 Å². The number of benzene rings is 1. The second kappa shape index (κ2) is 10.2. The zero-order valence-corrected chi connectivity index (χ0v) is 16.7. The highest BCUT2D eigenvalue weighted by atomic mass is 32.1. The van der Waals surface area contributed by atoms with E-state index in [0.29, 0.717) is 19.8 Å². The van der Waals surface area contributed by atoms with Gasteiger partial charge in [0.1, 0.15) is 5.75 Å². The van der Waals surface area contributed by atoms with Crippen molar-refractivity contribution in [2.45, 2.75) is 12.6 Å². The maximum absolute atomic E-state index is 12.2. The topological polar surface area (TPSA) is 79.9 Å². The molecule has 0 radical (unpaired) electrons. The van der Waals surface area contributed by atoms with E-state index in [1.54, 1.807) is 18.4 Å². The maximum atomic E-state index is 12.2. The van der Waals surface area contributed by atoms with Crippen molar-refractivity contribution >= 4 is 23.2 Å². The number of hydrogen-bond donors (Lipinski definition) is 2. The van der Waals surface area contributed by atoms with Crippen molar-refractivity contribution < 1.29 is 19.1 Å². The van der Waals surface area contributed by atoms with Gasteiger partial charge < -0.3 is 20.1 Å². The van der Waals surface area contributed by atoms with Crippen LogP contribution in [0.1, 0.15) is 16.5 Å². The molecule has 7 nitrogen and oxygen atoms in total. The maximum Gasteiger partial charge on any atom is 0.309 e. The number of nitrogens with zero attached hydrogens (tertiary/aromatic N) is 1. The van der Waals surface area contributed by atoms with Gasteiger partial charge in [-0.05, 0) is 29.1 Å². The molecule has 2 amide bonds. The molecule has 0 unspecified atom stereocenters. The van der Waals surface area contributed by atoms with Crippen molar-refractivity contribution in [3.63, 3.8) is 0 Å². The first kappa shape index (κ1) is 20.3. The van der Waals surface area contributed by atoms with E-state index in [1.165, 1.54) is 4.88 Å². The standard InChI is InChI=1S/C20H25N3O4S/c1-26-16-6-4-15(5-7-16)13-21-19(24)20(25)22-14-17(18-3-2-12-28-18)23-8-10-27-11-9-23/h2-7,12,17H,8-11,13-14H2,1H3,(H,21,24)(H,22,25)/t17-/m0/s1. The van der Waals surface area contributed by atoms with Crippen LogP contribution in [0.5, 0.6) is 5.75 Å². The Bertz CT molecular complexity index is 758. The molecule has 1 aliphatic heterocycles. The molecule has 3 rings (SSSR count). The Morgan fingerprint density at radius 3 is 2.50 bits per heavy atom.